The molecule has 0 unspecified atom stereocenters. The number of allylic oxidation sites excluding steroid dienone is 5. The highest BCUT2D eigenvalue weighted by Gasteiger charge is 2.13. The number of benzene rings is 1. The van der Waals surface area contributed by atoms with Gasteiger partial charge in [0.05, 0.1) is 54.3 Å². The molecule has 0 spiro atoms. The quantitative estimate of drug-likeness (QED) is 0.123. The summed E-state index contributed by atoms with van der Waals surface area (Å²) < 4.78 is 14.8. The molecule has 1 aliphatic heterocycles. The molecule has 4 rings (SSSR count). The number of halogens is 2. The fourth-order valence-corrected chi connectivity index (χ4v) is 4.01. The van der Waals surface area contributed by atoms with E-state index in [0.29, 0.717) is 23.5 Å². The number of carbonyl (C=O) groups excluding carboxylic acids is 1. The number of aliphatic hydroxyl groups is 1. The highest BCUT2D eigenvalue weighted by Crippen LogP contribution is 2.24. The number of anilines is 3. The lowest BCUT2D eigenvalue weighted by Gasteiger charge is -2.27. The second-order valence-electron chi connectivity index (χ2n) is 9.11. The number of alkyl halides is 1. The number of nitrogens with zero attached hydrogens (tertiary/aromatic N) is 5. The predicted octanol–water partition coefficient (Wildman–Crippen LogP) is 8.44. The minimum atomic E-state index is -0.325. The molecule has 10 nitrogen and oxygen atoms in total. The van der Waals surface area contributed by atoms with Crippen molar-refractivity contribution in [2.75, 3.05) is 50.7 Å². The lowest BCUT2D eigenvalue weighted by Crippen LogP contribution is -2.36. The number of ether oxygens (including phenoxy) is 1. The van der Waals surface area contributed by atoms with Crippen molar-refractivity contribution in [3.05, 3.63) is 107 Å². The van der Waals surface area contributed by atoms with E-state index < -0.39 is 0 Å². The number of hydrogen-bond acceptors (Lipinski definition) is 9. The van der Waals surface area contributed by atoms with Crippen LogP contribution in [0.25, 0.3) is 0 Å². The molecule has 3 heterocycles. The van der Waals surface area contributed by atoms with Crippen molar-refractivity contribution in [1.82, 2.24) is 20.3 Å². The van der Waals surface area contributed by atoms with Gasteiger partial charge < -0.3 is 25.4 Å². The third kappa shape index (κ3) is 16.8. The topological polar surface area (TPSA) is 125 Å². The number of aliphatic hydroxyl groups excluding tert-OH is 1. The van der Waals surface area contributed by atoms with Gasteiger partial charge in [0.1, 0.15) is 11.6 Å². The van der Waals surface area contributed by atoms with Crippen LogP contribution in [0.4, 0.5) is 21.6 Å². The molecule has 1 fully saturated rings. The van der Waals surface area contributed by atoms with Crippen LogP contribution in [0.1, 0.15) is 63.4 Å². The number of nitrogens with one attached hydrogen (secondary N) is 2. The molecule has 1 aromatic carbocycles. The Morgan fingerprint density at radius 3 is 2.27 bits per heavy atom. The van der Waals surface area contributed by atoms with Crippen molar-refractivity contribution in [1.29, 1.82) is 0 Å². The van der Waals surface area contributed by atoms with Crippen molar-refractivity contribution >= 4 is 40.9 Å². The van der Waals surface area contributed by atoms with E-state index in [9.17, 15) is 14.3 Å². The number of hydrogen-bond donors (Lipinski definition) is 3. The number of aromatic nitrogens is 3. The van der Waals surface area contributed by atoms with E-state index in [4.69, 9.17) is 16.3 Å². The van der Waals surface area contributed by atoms with Gasteiger partial charge in [0, 0.05) is 43.9 Å². The average molecular weight is 684 g/mol. The molecule has 0 bridgehead atoms. The summed E-state index contributed by atoms with van der Waals surface area (Å²) in [5.74, 6) is 1.69. The van der Waals surface area contributed by atoms with Gasteiger partial charge in [-0.3, -0.25) is 19.2 Å². The summed E-state index contributed by atoms with van der Waals surface area (Å²) in [7, 11) is 2.19. The summed E-state index contributed by atoms with van der Waals surface area (Å²) in [6.07, 6.45) is 11.8. The SMILES string of the molecule is CC.CC.CF.C\C=C(/C=C\C=C(/C)O)NC(=O)c1ccc(Nc2ccc(C=NC)nc2)cc1Cl.Cc1nccc(N2CCOCC2)n1. The van der Waals surface area contributed by atoms with Crippen molar-refractivity contribution in [2.24, 2.45) is 4.99 Å². The van der Waals surface area contributed by atoms with Gasteiger partial charge in [-0.15, -0.1) is 0 Å². The second-order valence-corrected chi connectivity index (χ2v) is 9.51. The van der Waals surface area contributed by atoms with Crippen molar-refractivity contribution in [2.45, 2.75) is 48.5 Å². The molecule has 12 heteroatoms. The molecule has 1 saturated heterocycles. The maximum Gasteiger partial charge on any atom is 0.257 e. The zero-order chi connectivity index (χ0) is 36.3. The van der Waals surface area contributed by atoms with Crippen LogP contribution in [-0.2, 0) is 4.74 Å². The molecule has 1 aliphatic rings. The Morgan fingerprint density at radius 2 is 1.73 bits per heavy atom. The van der Waals surface area contributed by atoms with E-state index in [1.54, 1.807) is 75.9 Å². The van der Waals surface area contributed by atoms with Crippen LogP contribution in [0, 0.1) is 6.92 Å². The van der Waals surface area contributed by atoms with E-state index >= 15 is 0 Å². The normalized spacial score (nSPS) is 12.7. The maximum atomic E-state index is 12.5. The molecule has 262 valence electrons. The van der Waals surface area contributed by atoms with Crippen LogP contribution in [0.2, 0.25) is 5.02 Å². The van der Waals surface area contributed by atoms with Crippen LogP contribution >= 0.6 is 11.6 Å². The molecular weight excluding hydrogens is 633 g/mol. The number of aliphatic imine (C=N–C) groups is 1. The Hall–Kier alpha value is -4.61. The van der Waals surface area contributed by atoms with E-state index in [1.807, 2.05) is 52.8 Å². The van der Waals surface area contributed by atoms with Gasteiger partial charge >= 0.3 is 0 Å². The van der Waals surface area contributed by atoms with E-state index in [1.165, 1.54) is 6.08 Å². The minimum absolute atomic E-state index is 0.178. The third-order valence-electron chi connectivity index (χ3n) is 5.83. The zero-order valence-electron chi connectivity index (χ0n) is 29.6. The Labute approximate surface area is 290 Å². The Kier molecular flexibility index (Phi) is 23.9. The Morgan fingerprint density at radius 1 is 1.06 bits per heavy atom. The molecule has 1 amide bonds. The smallest absolute Gasteiger partial charge is 0.257 e. The van der Waals surface area contributed by atoms with Gasteiger partial charge in [-0.25, -0.2) is 9.97 Å². The lowest BCUT2D eigenvalue weighted by atomic mass is 10.1. The summed E-state index contributed by atoms with van der Waals surface area (Å²) in [4.78, 5) is 31.4. The maximum absolute atomic E-state index is 12.5. The number of aryl methyl sites for hydroxylation is 1. The van der Waals surface area contributed by atoms with E-state index in [-0.39, 0.29) is 11.7 Å². The molecule has 3 aromatic rings. The van der Waals surface area contributed by atoms with Crippen LogP contribution in [-0.4, -0.2) is 72.7 Å². The van der Waals surface area contributed by atoms with Crippen molar-refractivity contribution in [3.8, 4) is 0 Å². The van der Waals surface area contributed by atoms with E-state index in [0.717, 1.165) is 55.0 Å². The summed E-state index contributed by atoms with van der Waals surface area (Å²) in [6.45, 7) is 16.7. The first kappa shape index (κ1) is 43.4. The minimum Gasteiger partial charge on any atom is -0.513 e. The van der Waals surface area contributed by atoms with Gasteiger partial charge in [-0.1, -0.05) is 51.4 Å². The highest BCUT2D eigenvalue weighted by molar-refractivity contribution is 6.34. The lowest BCUT2D eigenvalue weighted by molar-refractivity contribution is 0.0967. The summed E-state index contributed by atoms with van der Waals surface area (Å²) in [6, 6.07) is 10.8. The van der Waals surface area contributed by atoms with Crippen molar-refractivity contribution < 1.29 is 19.0 Å². The second kappa shape index (κ2) is 26.5. The first-order valence-electron chi connectivity index (χ1n) is 15.8. The number of amides is 1. The number of morpholine rings is 1. The average Bonchev–Trinajstić information content (AvgIpc) is 3.12. The van der Waals surface area contributed by atoms with Crippen LogP contribution < -0.4 is 15.5 Å². The van der Waals surface area contributed by atoms with E-state index in [2.05, 4.69) is 35.5 Å². The van der Waals surface area contributed by atoms with Gasteiger partial charge in [0.15, 0.2) is 0 Å². The molecule has 0 aliphatic carbocycles. The summed E-state index contributed by atoms with van der Waals surface area (Å²) in [5.41, 5.74) is 3.24. The molecule has 0 saturated carbocycles. The number of pyridine rings is 1. The molecule has 2 aromatic heterocycles. The Bertz CT molecular complexity index is 1450. The first-order chi connectivity index (χ1) is 23.3. The van der Waals surface area contributed by atoms with Crippen LogP contribution in [0.5, 0.6) is 0 Å². The first-order valence-corrected chi connectivity index (χ1v) is 16.1. The van der Waals surface area contributed by atoms with Gasteiger partial charge in [0.2, 0.25) is 0 Å². The third-order valence-corrected chi connectivity index (χ3v) is 6.14. The highest BCUT2D eigenvalue weighted by atomic mass is 35.5. The zero-order valence-corrected chi connectivity index (χ0v) is 30.3. The molecule has 0 radical (unpaired) electrons. The Balaban J connectivity index is 0.000000961. The molecule has 0 atom stereocenters. The van der Waals surface area contributed by atoms with Crippen LogP contribution in [0.15, 0.2) is 89.5 Å². The molecule has 48 heavy (non-hydrogen) atoms. The van der Waals surface area contributed by atoms with Gasteiger partial charge in [0.25, 0.3) is 5.91 Å². The monoisotopic (exact) mass is 683 g/mol. The number of carbonyl (C=O) groups is 1. The summed E-state index contributed by atoms with van der Waals surface area (Å²) >= 11 is 6.32. The number of rotatable bonds is 8. The standard InChI is InChI=1S/C22H23ClN4O2.C9H13N3O.2C2H6.CH3F/c1-4-16(7-5-6-15(2)28)27-22(29)20-11-10-17(12-21(20)23)26-19-9-8-18(13-24-3)25-14-19;1-8-10-3-2-9(11-8)12-4-6-13-7-5-12;3*1-2/h4-14,26,28H,1-3H3,(H,27,29);2-3H,4-7H2,1H3;2*1-2H3;1H3/b7-5-,15-6+,16-4+,24-13?;;;;. The molecular formula is C36H51ClFN7O3. The van der Waals surface area contributed by atoms with Crippen molar-refractivity contribution in [3.63, 3.8) is 0 Å². The predicted molar refractivity (Wildman–Crippen MR) is 199 cm³/mol. The molecule has 3 N–H and O–H groups in total. The van der Waals surface area contributed by atoms with Gasteiger partial charge in [-0.2, -0.15) is 0 Å². The van der Waals surface area contributed by atoms with Crippen LogP contribution in [0.3, 0.4) is 0 Å². The largest absolute Gasteiger partial charge is 0.513 e. The fraction of sp³-hybridized carbons (Fsp3) is 0.361. The van der Waals surface area contributed by atoms with Gasteiger partial charge in [-0.05, 0) is 69.3 Å². The fourth-order valence-electron chi connectivity index (χ4n) is 3.74. The summed E-state index contributed by atoms with van der Waals surface area (Å²) in [5, 5.41) is 15.5.